The van der Waals surface area contributed by atoms with Crippen molar-refractivity contribution < 1.29 is 14.4 Å². The molecule has 0 N–H and O–H groups in total. The minimum Gasteiger partial charge on any atom is -0.487 e. The predicted octanol–water partition coefficient (Wildman–Crippen LogP) is 2.86. The summed E-state index contributed by atoms with van der Waals surface area (Å²) in [5.41, 5.74) is 3.45. The number of amides is 1. The van der Waals surface area contributed by atoms with E-state index in [0.29, 0.717) is 17.9 Å². The van der Waals surface area contributed by atoms with Crippen LogP contribution in [0.25, 0.3) is 5.65 Å². The first-order chi connectivity index (χ1) is 11.6. The second-order valence-electron chi connectivity index (χ2n) is 5.50. The number of rotatable bonds is 5. The van der Waals surface area contributed by atoms with E-state index < -0.39 is 0 Å². The summed E-state index contributed by atoms with van der Waals surface area (Å²) in [7, 11) is 3.02. The van der Waals surface area contributed by atoms with Crippen LogP contribution in [-0.4, -0.2) is 34.5 Å². The van der Waals surface area contributed by atoms with E-state index in [2.05, 4.69) is 4.98 Å². The van der Waals surface area contributed by atoms with Gasteiger partial charge in [-0.15, -0.1) is 0 Å². The van der Waals surface area contributed by atoms with Gasteiger partial charge < -0.3 is 9.14 Å². The highest BCUT2D eigenvalue weighted by Gasteiger charge is 2.11. The molecule has 0 aliphatic carbocycles. The Balaban J connectivity index is 1.66. The number of carbonyl (C=O) groups excluding carboxylic acids is 1. The largest absolute Gasteiger partial charge is 0.487 e. The molecule has 0 spiro atoms. The van der Waals surface area contributed by atoms with Gasteiger partial charge in [0.15, 0.2) is 0 Å². The molecule has 1 aromatic carbocycles. The molecule has 0 saturated heterocycles. The molecular weight excluding hydrogens is 306 g/mol. The summed E-state index contributed by atoms with van der Waals surface area (Å²) in [4.78, 5) is 21.3. The monoisotopic (exact) mass is 325 g/mol. The van der Waals surface area contributed by atoms with Crippen LogP contribution in [0.15, 0.2) is 48.8 Å². The molecule has 0 atom stereocenters. The van der Waals surface area contributed by atoms with Gasteiger partial charge in [-0.1, -0.05) is 6.07 Å². The molecule has 0 saturated carbocycles. The zero-order valence-corrected chi connectivity index (χ0v) is 13.9. The smallest absolute Gasteiger partial charge is 0.277 e. The van der Waals surface area contributed by atoms with Crippen LogP contribution in [0, 0.1) is 6.92 Å². The second kappa shape index (κ2) is 6.72. The summed E-state index contributed by atoms with van der Waals surface area (Å²) < 4.78 is 7.72. The molecule has 0 aliphatic heterocycles. The van der Waals surface area contributed by atoms with Gasteiger partial charge in [-0.2, -0.15) is 0 Å². The fourth-order valence-electron chi connectivity index (χ4n) is 2.34. The van der Waals surface area contributed by atoms with E-state index in [0.717, 1.165) is 11.3 Å². The number of hydrogen-bond acceptors (Lipinski definition) is 4. The molecule has 3 aromatic rings. The highest BCUT2D eigenvalue weighted by atomic mass is 16.7. The van der Waals surface area contributed by atoms with Crippen molar-refractivity contribution in [1.29, 1.82) is 0 Å². The van der Waals surface area contributed by atoms with Crippen molar-refractivity contribution in [3.8, 4) is 5.75 Å². The van der Waals surface area contributed by atoms with E-state index in [9.17, 15) is 4.79 Å². The molecular formula is C18H19N3O3. The van der Waals surface area contributed by atoms with E-state index in [1.807, 2.05) is 35.9 Å². The number of hydrogen-bond donors (Lipinski definition) is 0. The van der Waals surface area contributed by atoms with Gasteiger partial charge in [0.05, 0.1) is 12.8 Å². The molecule has 6 heteroatoms. The highest BCUT2D eigenvalue weighted by molar-refractivity contribution is 5.93. The number of ether oxygens (including phenoxy) is 1. The number of aromatic nitrogens is 2. The minimum absolute atomic E-state index is 0.209. The first-order valence-corrected chi connectivity index (χ1v) is 7.56. The van der Waals surface area contributed by atoms with Gasteiger partial charge in [-0.25, -0.2) is 10.0 Å². The van der Waals surface area contributed by atoms with Crippen molar-refractivity contribution in [2.75, 3.05) is 14.2 Å². The van der Waals surface area contributed by atoms with Crippen LogP contribution in [0.2, 0.25) is 0 Å². The normalized spacial score (nSPS) is 10.8. The number of benzene rings is 1. The lowest BCUT2D eigenvalue weighted by Crippen LogP contribution is -2.25. The van der Waals surface area contributed by atoms with E-state index in [4.69, 9.17) is 9.57 Å². The first kappa shape index (κ1) is 16.0. The van der Waals surface area contributed by atoms with Crippen LogP contribution in [0.1, 0.15) is 21.6 Å². The van der Waals surface area contributed by atoms with Crippen molar-refractivity contribution in [3.63, 3.8) is 0 Å². The zero-order chi connectivity index (χ0) is 17.1. The summed E-state index contributed by atoms with van der Waals surface area (Å²) in [5, 5.41) is 1.18. The van der Waals surface area contributed by atoms with Gasteiger partial charge in [0, 0.05) is 25.0 Å². The van der Waals surface area contributed by atoms with Crippen LogP contribution >= 0.6 is 0 Å². The highest BCUT2D eigenvalue weighted by Crippen LogP contribution is 2.16. The number of fused-ring (bicyclic) bond motifs is 1. The average molecular weight is 325 g/mol. The third kappa shape index (κ3) is 3.38. The van der Waals surface area contributed by atoms with Gasteiger partial charge in [0.25, 0.3) is 5.91 Å². The van der Waals surface area contributed by atoms with E-state index >= 15 is 0 Å². The fourth-order valence-corrected chi connectivity index (χ4v) is 2.34. The Morgan fingerprint density at radius 2 is 1.92 bits per heavy atom. The maximum atomic E-state index is 11.9. The van der Waals surface area contributed by atoms with Crippen LogP contribution in [0.4, 0.5) is 0 Å². The molecule has 0 bridgehead atoms. The molecule has 3 rings (SSSR count). The Morgan fingerprint density at radius 1 is 1.17 bits per heavy atom. The molecule has 0 unspecified atom stereocenters. The molecule has 124 valence electrons. The second-order valence-corrected chi connectivity index (χ2v) is 5.50. The zero-order valence-electron chi connectivity index (χ0n) is 13.9. The quantitative estimate of drug-likeness (QED) is 0.677. The SMILES string of the molecule is CON(C)C(=O)c1ccc(OCc2cn3cc(C)ccc3n2)cc1. The predicted molar refractivity (Wildman–Crippen MR) is 89.8 cm³/mol. The average Bonchev–Trinajstić information content (AvgIpc) is 3.01. The van der Waals surface area contributed by atoms with Gasteiger partial charge in [-0.05, 0) is 42.8 Å². The molecule has 24 heavy (non-hydrogen) atoms. The van der Waals surface area contributed by atoms with Crippen molar-refractivity contribution in [1.82, 2.24) is 14.4 Å². The molecule has 1 amide bonds. The Labute approximate surface area is 140 Å². The van der Waals surface area contributed by atoms with Crippen LogP contribution in [0.5, 0.6) is 5.75 Å². The van der Waals surface area contributed by atoms with Gasteiger partial charge in [0.2, 0.25) is 0 Å². The number of nitrogens with zero attached hydrogens (tertiary/aromatic N) is 3. The summed E-state index contributed by atoms with van der Waals surface area (Å²) >= 11 is 0. The van der Waals surface area contributed by atoms with E-state index in [1.165, 1.54) is 17.7 Å². The molecule has 2 aromatic heterocycles. The van der Waals surface area contributed by atoms with Crippen LogP contribution in [-0.2, 0) is 11.4 Å². The minimum atomic E-state index is -0.209. The summed E-state index contributed by atoms with van der Waals surface area (Å²) in [6.45, 7) is 2.41. The maximum absolute atomic E-state index is 11.9. The summed E-state index contributed by atoms with van der Waals surface area (Å²) in [6.07, 6.45) is 3.98. The van der Waals surface area contributed by atoms with E-state index in [1.54, 1.807) is 31.3 Å². The van der Waals surface area contributed by atoms with Gasteiger partial charge in [-0.3, -0.25) is 9.63 Å². The van der Waals surface area contributed by atoms with Crippen molar-refractivity contribution >= 4 is 11.6 Å². The Morgan fingerprint density at radius 3 is 2.62 bits per heavy atom. The molecule has 0 aliphatic rings. The molecule has 0 fully saturated rings. The Hall–Kier alpha value is -2.86. The van der Waals surface area contributed by atoms with Gasteiger partial charge >= 0.3 is 0 Å². The third-order valence-corrected chi connectivity index (χ3v) is 3.70. The molecule has 0 radical (unpaired) electrons. The first-order valence-electron chi connectivity index (χ1n) is 7.56. The van der Waals surface area contributed by atoms with Gasteiger partial charge in [0.1, 0.15) is 18.0 Å². The Kier molecular flexibility index (Phi) is 4.48. The number of pyridine rings is 1. The lowest BCUT2D eigenvalue weighted by atomic mass is 10.2. The van der Waals surface area contributed by atoms with Crippen molar-refractivity contribution in [2.24, 2.45) is 0 Å². The topological polar surface area (TPSA) is 56.1 Å². The number of hydroxylamine groups is 2. The lowest BCUT2D eigenvalue weighted by Gasteiger charge is -2.13. The summed E-state index contributed by atoms with van der Waals surface area (Å²) in [5.74, 6) is 0.472. The molecule has 6 nitrogen and oxygen atoms in total. The number of aryl methyl sites for hydroxylation is 1. The summed E-state index contributed by atoms with van der Waals surface area (Å²) in [6, 6.07) is 10.9. The van der Waals surface area contributed by atoms with Crippen LogP contribution in [0.3, 0.4) is 0 Å². The number of carbonyl (C=O) groups is 1. The van der Waals surface area contributed by atoms with E-state index in [-0.39, 0.29) is 5.91 Å². The fraction of sp³-hybridized carbons (Fsp3) is 0.222. The lowest BCUT2D eigenvalue weighted by molar-refractivity contribution is -0.0757. The molecule has 2 heterocycles. The van der Waals surface area contributed by atoms with Crippen molar-refractivity contribution in [3.05, 3.63) is 65.6 Å². The van der Waals surface area contributed by atoms with Crippen LogP contribution < -0.4 is 4.74 Å². The third-order valence-electron chi connectivity index (χ3n) is 3.70. The number of imidazole rings is 1. The Bertz CT molecular complexity index is 856. The maximum Gasteiger partial charge on any atom is 0.277 e. The standard InChI is InChI=1S/C18H19N3O3/c1-13-4-9-17-19-15(11-21(17)10-13)12-24-16-7-5-14(6-8-16)18(22)20(2)23-3/h4-11H,12H2,1-3H3. The van der Waals surface area contributed by atoms with Crippen molar-refractivity contribution in [2.45, 2.75) is 13.5 Å².